The number of hydrogen-bond acceptors (Lipinski definition) is 5. The SMILES string of the molecule is CC1C(=CO)C(=O)c2c(O)cc(OCCCCc3ccccc3)cc2N1C=O. The fourth-order valence-corrected chi connectivity index (χ4v) is 3.38. The number of ketones is 1. The number of benzene rings is 2. The summed E-state index contributed by atoms with van der Waals surface area (Å²) in [5.41, 5.74) is 1.58. The summed E-state index contributed by atoms with van der Waals surface area (Å²) < 4.78 is 5.73. The normalized spacial score (nSPS) is 17.5. The summed E-state index contributed by atoms with van der Waals surface area (Å²) in [6.07, 6.45) is 4.00. The highest BCUT2D eigenvalue weighted by atomic mass is 16.5. The van der Waals surface area contributed by atoms with E-state index in [9.17, 15) is 19.8 Å². The van der Waals surface area contributed by atoms with E-state index in [0.717, 1.165) is 19.3 Å². The molecule has 1 heterocycles. The van der Waals surface area contributed by atoms with Gasteiger partial charge in [0.05, 0.1) is 35.7 Å². The minimum Gasteiger partial charge on any atom is -0.515 e. The number of unbranched alkanes of at least 4 members (excludes halogenated alkanes) is 1. The number of fused-ring (bicyclic) bond motifs is 1. The molecule has 0 fully saturated rings. The molecule has 1 aliphatic rings. The van der Waals surface area contributed by atoms with Crippen molar-refractivity contribution in [2.45, 2.75) is 32.2 Å². The van der Waals surface area contributed by atoms with Crippen LogP contribution in [0.4, 0.5) is 5.69 Å². The lowest BCUT2D eigenvalue weighted by Gasteiger charge is -2.33. The lowest BCUT2D eigenvalue weighted by Crippen LogP contribution is -2.40. The number of Topliss-reactive ketones (excluding diaryl/α,β-unsaturated/α-hetero) is 1. The molecule has 1 unspecified atom stereocenters. The first kappa shape index (κ1) is 19.5. The number of ether oxygens (including phenoxy) is 1. The van der Waals surface area contributed by atoms with Crippen LogP contribution in [0.2, 0.25) is 0 Å². The third kappa shape index (κ3) is 3.86. The van der Waals surface area contributed by atoms with Crippen LogP contribution in [0.5, 0.6) is 11.5 Å². The Balaban J connectivity index is 1.69. The second-order valence-electron chi connectivity index (χ2n) is 6.73. The van der Waals surface area contributed by atoms with Crippen molar-refractivity contribution < 1.29 is 24.5 Å². The average molecular weight is 381 g/mol. The number of aryl methyl sites for hydroxylation is 1. The highest BCUT2D eigenvalue weighted by Crippen LogP contribution is 2.40. The van der Waals surface area contributed by atoms with E-state index in [1.165, 1.54) is 16.5 Å². The predicted molar refractivity (Wildman–Crippen MR) is 106 cm³/mol. The second-order valence-corrected chi connectivity index (χ2v) is 6.73. The summed E-state index contributed by atoms with van der Waals surface area (Å²) in [4.78, 5) is 25.3. The highest BCUT2D eigenvalue weighted by Gasteiger charge is 2.36. The quantitative estimate of drug-likeness (QED) is 0.330. The van der Waals surface area contributed by atoms with Crippen LogP contribution in [0, 0.1) is 0 Å². The Bertz CT molecular complexity index is 891. The Morgan fingerprint density at radius 1 is 1.18 bits per heavy atom. The Morgan fingerprint density at radius 2 is 1.93 bits per heavy atom. The van der Waals surface area contributed by atoms with Crippen molar-refractivity contribution in [3.8, 4) is 11.5 Å². The van der Waals surface area contributed by atoms with Crippen LogP contribution < -0.4 is 9.64 Å². The third-order valence-corrected chi connectivity index (χ3v) is 4.93. The molecule has 6 heteroatoms. The molecule has 1 amide bonds. The van der Waals surface area contributed by atoms with Crippen molar-refractivity contribution in [1.82, 2.24) is 0 Å². The molecule has 6 nitrogen and oxygen atoms in total. The molecule has 0 radical (unpaired) electrons. The second kappa shape index (κ2) is 8.61. The van der Waals surface area contributed by atoms with Gasteiger partial charge in [0.15, 0.2) is 5.78 Å². The minimum absolute atomic E-state index is 0.0121. The van der Waals surface area contributed by atoms with Crippen molar-refractivity contribution in [2.24, 2.45) is 0 Å². The fraction of sp³-hybridized carbons (Fsp3) is 0.273. The van der Waals surface area contributed by atoms with E-state index in [0.29, 0.717) is 25.0 Å². The molecule has 3 rings (SSSR count). The zero-order valence-corrected chi connectivity index (χ0v) is 15.7. The van der Waals surface area contributed by atoms with Gasteiger partial charge >= 0.3 is 0 Å². The lowest BCUT2D eigenvalue weighted by molar-refractivity contribution is -0.107. The maximum atomic E-state index is 12.5. The molecule has 0 saturated heterocycles. The molecule has 0 aromatic heterocycles. The van der Waals surface area contributed by atoms with Gasteiger partial charge in [0.25, 0.3) is 0 Å². The van der Waals surface area contributed by atoms with Crippen LogP contribution in [0.3, 0.4) is 0 Å². The molecule has 2 aromatic rings. The van der Waals surface area contributed by atoms with Gasteiger partial charge < -0.3 is 19.8 Å². The first-order chi connectivity index (χ1) is 13.6. The molecule has 2 aromatic carbocycles. The molecule has 1 aliphatic heterocycles. The summed E-state index contributed by atoms with van der Waals surface area (Å²) in [6, 6.07) is 12.5. The van der Waals surface area contributed by atoms with E-state index in [-0.39, 0.29) is 22.6 Å². The Hall–Kier alpha value is -3.28. The van der Waals surface area contributed by atoms with Crippen molar-refractivity contribution in [3.05, 3.63) is 65.4 Å². The van der Waals surface area contributed by atoms with E-state index in [1.807, 2.05) is 18.2 Å². The molecular weight excluding hydrogens is 358 g/mol. The average Bonchev–Trinajstić information content (AvgIpc) is 2.69. The number of hydrogen-bond donors (Lipinski definition) is 2. The molecule has 1 atom stereocenters. The van der Waals surface area contributed by atoms with Gasteiger partial charge in [-0.3, -0.25) is 9.59 Å². The van der Waals surface area contributed by atoms with Crippen molar-refractivity contribution >= 4 is 17.9 Å². The van der Waals surface area contributed by atoms with Gasteiger partial charge in [0.2, 0.25) is 6.41 Å². The molecular formula is C22H23NO5. The van der Waals surface area contributed by atoms with Crippen LogP contribution in [-0.4, -0.2) is 35.1 Å². The number of carbonyl (C=O) groups is 2. The number of rotatable bonds is 7. The summed E-state index contributed by atoms with van der Waals surface area (Å²) in [5, 5.41) is 19.7. The maximum absolute atomic E-state index is 12.5. The first-order valence-corrected chi connectivity index (χ1v) is 9.23. The van der Waals surface area contributed by atoms with E-state index in [2.05, 4.69) is 12.1 Å². The number of aliphatic hydroxyl groups is 1. The number of carbonyl (C=O) groups excluding carboxylic acids is 2. The van der Waals surface area contributed by atoms with Crippen molar-refractivity contribution in [1.29, 1.82) is 0 Å². The number of aliphatic hydroxyl groups excluding tert-OH is 1. The number of aromatic hydroxyl groups is 1. The highest BCUT2D eigenvalue weighted by molar-refractivity contribution is 6.18. The lowest BCUT2D eigenvalue weighted by atomic mass is 9.90. The topological polar surface area (TPSA) is 87.1 Å². The zero-order valence-electron chi connectivity index (χ0n) is 15.7. The Labute approximate surface area is 163 Å². The number of phenols is 1. The maximum Gasteiger partial charge on any atom is 0.214 e. The molecule has 0 aliphatic carbocycles. The van der Waals surface area contributed by atoms with E-state index in [4.69, 9.17) is 4.74 Å². The van der Waals surface area contributed by atoms with Crippen LogP contribution in [0.25, 0.3) is 0 Å². The van der Waals surface area contributed by atoms with Crippen LogP contribution in [0.15, 0.2) is 54.3 Å². The molecule has 0 saturated carbocycles. The summed E-state index contributed by atoms with van der Waals surface area (Å²) >= 11 is 0. The first-order valence-electron chi connectivity index (χ1n) is 9.23. The van der Waals surface area contributed by atoms with Crippen LogP contribution in [0.1, 0.15) is 35.7 Å². The molecule has 28 heavy (non-hydrogen) atoms. The van der Waals surface area contributed by atoms with Gasteiger partial charge in [-0.05, 0) is 31.7 Å². The van der Waals surface area contributed by atoms with E-state index < -0.39 is 11.8 Å². The third-order valence-electron chi connectivity index (χ3n) is 4.93. The van der Waals surface area contributed by atoms with Gasteiger partial charge in [0, 0.05) is 12.1 Å². The summed E-state index contributed by atoms with van der Waals surface area (Å²) in [6.45, 7) is 2.09. The smallest absolute Gasteiger partial charge is 0.214 e. The number of anilines is 1. The van der Waals surface area contributed by atoms with Crippen molar-refractivity contribution in [3.63, 3.8) is 0 Å². The van der Waals surface area contributed by atoms with Gasteiger partial charge in [-0.1, -0.05) is 30.3 Å². The van der Waals surface area contributed by atoms with Crippen LogP contribution in [-0.2, 0) is 11.2 Å². The standard InChI is InChI=1S/C22H23NO5/c1-15-18(13-24)22(27)21-19(23(15)14-25)11-17(12-20(21)26)28-10-6-5-9-16-7-3-2-4-8-16/h2-4,7-8,11-15,24,26H,5-6,9-10H2,1H3. The van der Waals surface area contributed by atoms with Gasteiger partial charge in [0.1, 0.15) is 11.5 Å². The largest absolute Gasteiger partial charge is 0.515 e. The van der Waals surface area contributed by atoms with Gasteiger partial charge in [-0.25, -0.2) is 0 Å². The zero-order chi connectivity index (χ0) is 20.1. The number of amides is 1. The Morgan fingerprint density at radius 3 is 2.61 bits per heavy atom. The van der Waals surface area contributed by atoms with Crippen LogP contribution >= 0.6 is 0 Å². The Kier molecular flexibility index (Phi) is 5.99. The predicted octanol–water partition coefficient (Wildman–Crippen LogP) is 3.78. The van der Waals surface area contributed by atoms with Gasteiger partial charge in [-0.15, -0.1) is 0 Å². The number of phenolic OH excluding ortho intramolecular Hbond substituents is 1. The van der Waals surface area contributed by atoms with E-state index in [1.54, 1.807) is 13.0 Å². The summed E-state index contributed by atoms with van der Waals surface area (Å²) in [7, 11) is 0. The van der Waals surface area contributed by atoms with Gasteiger partial charge in [-0.2, -0.15) is 0 Å². The van der Waals surface area contributed by atoms with E-state index >= 15 is 0 Å². The molecule has 0 spiro atoms. The molecule has 0 bridgehead atoms. The molecule has 2 N–H and O–H groups in total. The summed E-state index contributed by atoms with van der Waals surface area (Å²) in [5.74, 6) is -0.394. The van der Waals surface area contributed by atoms with Crippen molar-refractivity contribution in [2.75, 3.05) is 11.5 Å². The number of nitrogens with zero attached hydrogens (tertiary/aromatic N) is 1. The minimum atomic E-state index is -0.636. The molecule has 146 valence electrons. The fourth-order valence-electron chi connectivity index (χ4n) is 3.38. The monoisotopic (exact) mass is 381 g/mol.